The fourth-order valence-corrected chi connectivity index (χ4v) is 2.79. The number of nitrogens with zero attached hydrogens (tertiary/aromatic N) is 6. The van der Waals surface area contributed by atoms with Crippen molar-refractivity contribution in [2.45, 2.75) is 25.3 Å². The molecule has 9 heteroatoms. The second-order valence-corrected chi connectivity index (χ2v) is 6.34. The minimum absolute atomic E-state index is 0.252. The largest absolute Gasteiger partial charge is 0.338 e. The van der Waals surface area contributed by atoms with Crippen molar-refractivity contribution in [3.8, 4) is 11.4 Å². The van der Waals surface area contributed by atoms with E-state index in [2.05, 4.69) is 31.1 Å². The average Bonchev–Trinajstić information content (AvgIpc) is 3.21. The Balaban J connectivity index is 1.36. The molecule has 0 saturated heterocycles. The van der Waals surface area contributed by atoms with E-state index >= 15 is 0 Å². The third-order valence-corrected chi connectivity index (χ3v) is 4.32. The van der Waals surface area contributed by atoms with Crippen LogP contribution in [0, 0.1) is 0 Å². The van der Waals surface area contributed by atoms with Gasteiger partial charge in [-0.3, -0.25) is 0 Å². The molecular formula is C17H20N8O. The van der Waals surface area contributed by atoms with Crippen LogP contribution in [0.2, 0.25) is 0 Å². The summed E-state index contributed by atoms with van der Waals surface area (Å²) in [5, 5.41) is 17.7. The molecule has 0 unspecified atom stereocenters. The average molecular weight is 352 g/mol. The number of tetrazole rings is 1. The van der Waals surface area contributed by atoms with Gasteiger partial charge in [0.2, 0.25) is 0 Å². The molecule has 26 heavy (non-hydrogen) atoms. The van der Waals surface area contributed by atoms with Crippen LogP contribution in [-0.2, 0) is 13.5 Å². The van der Waals surface area contributed by atoms with Crippen LogP contribution in [0.3, 0.4) is 0 Å². The summed E-state index contributed by atoms with van der Waals surface area (Å²) in [4.78, 5) is 16.3. The number of aryl methyl sites for hydroxylation is 1. The van der Waals surface area contributed by atoms with E-state index in [1.807, 2.05) is 46.8 Å². The zero-order valence-corrected chi connectivity index (χ0v) is 14.5. The molecule has 1 aliphatic rings. The van der Waals surface area contributed by atoms with E-state index in [0.717, 1.165) is 30.1 Å². The van der Waals surface area contributed by atoms with Gasteiger partial charge < -0.3 is 15.2 Å². The molecule has 1 fully saturated rings. The van der Waals surface area contributed by atoms with Crippen molar-refractivity contribution in [3.05, 3.63) is 42.5 Å². The number of hydrogen-bond acceptors (Lipinski definition) is 5. The van der Waals surface area contributed by atoms with Crippen molar-refractivity contribution in [2.24, 2.45) is 7.05 Å². The molecule has 1 aromatic carbocycles. The van der Waals surface area contributed by atoms with Crippen LogP contribution < -0.4 is 10.6 Å². The maximum Gasteiger partial charge on any atom is 0.319 e. The Morgan fingerprint density at radius 2 is 2.23 bits per heavy atom. The summed E-state index contributed by atoms with van der Waals surface area (Å²) in [7, 11) is 1.93. The van der Waals surface area contributed by atoms with Gasteiger partial charge in [-0.05, 0) is 35.4 Å². The van der Waals surface area contributed by atoms with Crippen LogP contribution in [0.25, 0.3) is 11.4 Å². The predicted octanol–water partition coefficient (Wildman–Crippen LogP) is 1.77. The summed E-state index contributed by atoms with van der Waals surface area (Å²) in [5.41, 5.74) is 1.58. The summed E-state index contributed by atoms with van der Waals surface area (Å²) in [6, 6.07) is 7.68. The number of anilines is 1. The number of carbonyl (C=O) groups excluding carboxylic acids is 1. The molecule has 0 atom stereocenters. The van der Waals surface area contributed by atoms with E-state index in [4.69, 9.17) is 0 Å². The maximum absolute atomic E-state index is 12.1. The van der Waals surface area contributed by atoms with Gasteiger partial charge in [-0.2, -0.15) is 0 Å². The molecule has 1 saturated carbocycles. The highest BCUT2D eigenvalue weighted by Gasteiger charge is 2.28. The minimum atomic E-state index is -0.252. The fourth-order valence-electron chi connectivity index (χ4n) is 2.79. The van der Waals surface area contributed by atoms with Gasteiger partial charge >= 0.3 is 6.03 Å². The highest BCUT2D eigenvalue weighted by molar-refractivity contribution is 5.89. The van der Waals surface area contributed by atoms with E-state index in [-0.39, 0.29) is 6.03 Å². The SMILES string of the molecule is Cn1ccnc1CCNC(=O)Nc1cccc(-c2nnnn2C2CC2)c1. The first-order valence-electron chi connectivity index (χ1n) is 8.60. The Hall–Kier alpha value is -3.23. The van der Waals surface area contributed by atoms with Crippen LogP contribution in [-0.4, -0.2) is 42.3 Å². The van der Waals surface area contributed by atoms with Crippen molar-refractivity contribution in [1.82, 2.24) is 35.1 Å². The summed E-state index contributed by atoms with van der Waals surface area (Å²) in [5.74, 6) is 1.66. The standard InChI is InChI=1S/C17H20N8O/c1-24-10-9-18-15(24)7-8-19-17(26)20-13-4-2-3-12(11-13)16-21-22-23-25(16)14-5-6-14/h2-4,9-11,14H,5-8H2,1H3,(H2,19,20,26). The third-order valence-electron chi connectivity index (χ3n) is 4.32. The van der Waals surface area contributed by atoms with E-state index in [1.165, 1.54) is 0 Å². The second kappa shape index (κ2) is 6.95. The molecule has 0 spiro atoms. The molecular weight excluding hydrogens is 332 g/mol. The predicted molar refractivity (Wildman–Crippen MR) is 95.5 cm³/mol. The molecule has 1 aliphatic carbocycles. The first-order chi connectivity index (χ1) is 12.7. The summed E-state index contributed by atoms with van der Waals surface area (Å²) >= 11 is 0. The molecule has 9 nitrogen and oxygen atoms in total. The highest BCUT2D eigenvalue weighted by Crippen LogP contribution is 2.36. The fraction of sp³-hybridized carbons (Fsp3) is 0.353. The van der Waals surface area contributed by atoms with Gasteiger partial charge in [0.05, 0.1) is 6.04 Å². The Kier molecular flexibility index (Phi) is 4.34. The Bertz CT molecular complexity index is 911. The first kappa shape index (κ1) is 16.2. The number of hydrogen-bond donors (Lipinski definition) is 2. The van der Waals surface area contributed by atoms with Crippen molar-refractivity contribution in [3.63, 3.8) is 0 Å². The van der Waals surface area contributed by atoms with Crippen LogP contribution in [0.4, 0.5) is 10.5 Å². The number of nitrogens with one attached hydrogen (secondary N) is 2. The van der Waals surface area contributed by atoms with Gasteiger partial charge in [0.15, 0.2) is 5.82 Å². The van der Waals surface area contributed by atoms with Crippen molar-refractivity contribution in [1.29, 1.82) is 0 Å². The number of carbonyl (C=O) groups is 1. The number of rotatable bonds is 6. The third kappa shape index (κ3) is 3.56. The number of amides is 2. The maximum atomic E-state index is 12.1. The Labute approximate surface area is 150 Å². The molecule has 0 radical (unpaired) electrons. The van der Waals surface area contributed by atoms with Gasteiger partial charge in [0, 0.05) is 43.7 Å². The van der Waals surface area contributed by atoms with Crippen molar-refractivity contribution >= 4 is 11.7 Å². The van der Waals surface area contributed by atoms with E-state index in [0.29, 0.717) is 24.7 Å². The monoisotopic (exact) mass is 352 g/mol. The molecule has 4 rings (SSSR count). The van der Waals surface area contributed by atoms with Gasteiger partial charge in [-0.25, -0.2) is 14.5 Å². The van der Waals surface area contributed by atoms with Crippen LogP contribution >= 0.6 is 0 Å². The molecule has 0 aliphatic heterocycles. The van der Waals surface area contributed by atoms with Crippen LogP contribution in [0.15, 0.2) is 36.7 Å². The minimum Gasteiger partial charge on any atom is -0.338 e. The normalized spacial score (nSPS) is 13.6. The molecule has 2 heterocycles. The van der Waals surface area contributed by atoms with Gasteiger partial charge in [0.25, 0.3) is 0 Å². The topological polar surface area (TPSA) is 103 Å². The lowest BCUT2D eigenvalue weighted by Gasteiger charge is -2.09. The van der Waals surface area contributed by atoms with Crippen molar-refractivity contribution < 1.29 is 4.79 Å². The van der Waals surface area contributed by atoms with Gasteiger partial charge in [0.1, 0.15) is 5.82 Å². The van der Waals surface area contributed by atoms with E-state index in [1.54, 1.807) is 6.20 Å². The molecule has 0 bridgehead atoms. The molecule has 2 N–H and O–H groups in total. The number of aromatic nitrogens is 6. The van der Waals surface area contributed by atoms with E-state index in [9.17, 15) is 4.79 Å². The molecule has 2 amide bonds. The van der Waals surface area contributed by atoms with Gasteiger partial charge in [-0.1, -0.05) is 12.1 Å². The lowest BCUT2D eigenvalue weighted by molar-refractivity contribution is 0.252. The second-order valence-electron chi connectivity index (χ2n) is 6.34. The zero-order valence-electron chi connectivity index (χ0n) is 14.5. The lowest BCUT2D eigenvalue weighted by Crippen LogP contribution is -2.30. The summed E-state index contributed by atoms with van der Waals surface area (Å²) in [6.45, 7) is 0.510. The number of benzene rings is 1. The van der Waals surface area contributed by atoms with Crippen molar-refractivity contribution in [2.75, 3.05) is 11.9 Å². The van der Waals surface area contributed by atoms with Gasteiger partial charge in [-0.15, -0.1) is 5.10 Å². The van der Waals surface area contributed by atoms with Crippen LogP contribution in [0.5, 0.6) is 0 Å². The number of urea groups is 1. The zero-order chi connectivity index (χ0) is 17.9. The van der Waals surface area contributed by atoms with E-state index < -0.39 is 0 Å². The summed E-state index contributed by atoms with van der Waals surface area (Å²) in [6.07, 6.45) is 6.52. The quantitative estimate of drug-likeness (QED) is 0.704. The summed E-state index contributed by atoms with van der Waals surface area (Å²) < 4.78 is 3.79. The first-order valence-corrected chi connectivity index (χ1v) is 8.60. The molecule has 134 valence electrons. The smallest absolute Gasteiger partial charge is 0.319 e. The highest BCUT2D eigenvalue weighted by atomic mass is 16.2. The molecule has 2 aromatic heterocycles. The molecule has 3 aromatic rings. The Morgan fingerprint density at radius 1 is 1.35 bits per heavy atom. The number of imidazole rings is 1. The Morgan fingerprint density at radius 3 is 3.00 bits per heavy atom. The van der Waals surface area contributed by atoms with Crippen LogP contribution in [0.1, 0.15) is 24.7 Å². The lowest BCUT2D eigenvalue weighted by atomic mass is 10.2.